The van der Waals surface area contributed by atoms with Crippen molar-refractivity contribution >= 4 is 5.91 Å². The van der Waals surface area contributed by atoms with E-state index in [0.717, 1.165) is 19.6 Å². The van der Waals surface area contributed by atoms with Crippen LogP contribution in [0.3, 0.4) is 0 Å². The van der Waals surface area contributed by atoms with E-state index in [1.54, 1.807) is 0 Å². The van der Waals surface area contributed by atoms with Crippen molar-refractivity contribution in [1.29, 1.82) is 0 Å². The van der Waals surface area contributed by atoms with Gasteiger partial charge in [0.05, 0.1) is 0 Å². The van der Waals surface area contributed by atoms with Gasteiger partial charge in [-0.05, 0) is 25.7 Å². The van der Waals surface area contributed by atoms with Gasteiger partial charge < -0.3 is 10.2 Å². The molecule has 0 radical (unpaired) electrons. The Morgan fingerprint density at radius 2 is 1.87 bits per heavy atom. The van der Waals surface area contributed by atoms with Gasteiger partial charge in [-0.15, -0.1) is 0 Å². The number of nitrogens with one attached hydrogen (secondary N) is 1. The number of hydrogen-bond donors (Lipinski definition) is 1. The summed E-state index contributed by atoms with van der Waals surface area (Å²) in [5, 5.41) is 3.39. The Balaban J connectivity index is 2.11. The molecule has 88 valence electrons. The van der Waals surface area contributed by atoms with Crippen LogP contribution >= 0.6 is 0 Å². The number of rotatable bonds is 5. The van der Waals surface area contributed by atoms with Crippen molar-refractivity contribution in [2.75, 3.05) is 19.6 Å². The lowest BCUT2D eigenvalue weighted by Gasteiger charge is -2.19. The number of amides is 1. The Labute approximate surface area is 93.2 Å². The second-order valence-electron chi connectivity index (χ2n) is 4.82. The highest BCUT2D eigenvalue weighted by Gasteiger charge is 2.17. The molecule has 1 aliphatic rings. The highest BCUT2D eigenvalue weighted by atomic mass is 16.2. The van der Waals surface area contributed by atoms with Crippen LogP contribution in [-0.4, -0.2) is 36.5 Å². The summed E-state index contributed by atoms with van der Waals surface area (Å²) < 4.78 is 0. The first-order valence-electron chi connectivity index (χ1n) is 6.12. The Hall–Kier alpha value is -0.570. The maximum atomic E-state index is 11.7. The number of carbonyl (C=O) groups excluding carboxylic acids is 1. The van der Waals surface area contributed by atoms with Crippen LogP contribution in [0, 0.1) is 5.92 Å². The molecule has 0 aromatic rings. The number of carbonyl (C=O) groups is 1. The molecule has 1 rings (SSSR count). The number of hydrogen-bond acceptors (Lipinski definition) is 2. The van der Waals surface area contributed by atoms with Crippen molar-refractivity contribution in [3.63, 3.8) is 0 Å². The maximum Gasteiger partial charge on any atom is 0.223 e. The predicted octanol–water partition coefficient (Wildman–Crippen LogP) is 1.63. The predicted molar refractivity (Wildman–Crippen MR) is 62.7 cm³/mol. The van der Waals surface area contributed by atoms with Gasteiger partial charge in [-0.2, -0.15) is 0 Å². The molecule has 1 unspecified atom stereocenters. The van der Waals surface area contributed by atoms with Gasteiger partial charge in [0, 0.05) is 32.1 Å². The molecule has 0 spiro atoms. The van der Waals surface area contributed by atoms with E-state index in [-0.39, 0.29) is 0 Å². The van der Waals surface area contributed by atoms with Crippen molar-refractivity contribution in [2.45, 2.75) is 46.1 Å². The molecule has 0 saturated carbocycles. The first-order valence-corrected chi connectivity index (χ1v) is 6.12. The fraction of sp³-hybridized carbons (Fsp3) is 0.917. The first-order chi connectivity index (χ1) is 7.11. The Morgan fingerprint density at radius 3 is 2.40 bits per heavy atom. The molecule has 0 aromatic heterocycles. The monoisotopic (exact) mass is 212 g/mol. The minimum Gasteiger partial charge on any atom is -0.343 e. The van der Waals surface area contributed by atoms with E-state index in [2.05, 4.69) is 26.1 Å². The van der Waals surface area contributed by atoms with Crippen LogP contribution in [0.2, 0.25) is 0 Å². The van der Waals surface area contributed by atoms with Crippen LogP contribution < -0.4 is 5.32 Å². The van der Waals surface area contributed by atoms with Crippen molar-refractivity contribution in [1.82, 2.24) is 10.2 Å². The lowest BCUT2D eigenvalue weighted by molar-refractivity contribution is -0.130. The van der Waals surface area contributed by atoms with Gasteiger partial charge in [-0.3, -0.25) is 4.79 Å². The summed E-state index contributed by atoms with van der Waals surface area (Å²) in [6.45, 7) is 9.32. The molecular formula is C12H24N2O. The molecule has 1 aliphatic heterocycles. The summed E-state index contributed by atoms with van der Waals surface area (Å²) in [6, 6.07) is 0.497. The molecule has 1 heterocycles. The van der Waals surface area contributed by atoms with Crippen LogP contribution in [-0.2, 0) is 4.79 Å². The fourth-order valence-electron chi connectivity index (χ4n) is 1.77. The van der Waals surface area contributed by atoms with Crippen LogP contribution in [0.1, 0.15) is 40.0 Å². The third-order valence-electron chi connectivity index (χ3n) is 3.26. The normalized spacial score (nSPS) is 18.5. The van der Waals surface area contributed by atoms with Gasteiger partial charge >= 0.3 is 0 Å². The number of likely N-dealkylation sites (tertiary alicyclic amines) is 1. The van der Waals surface area contributed by atoms with Gasteiger partial charge in [0.15, 0.2) is 0 Å². The molecule has 3 nitrogen and oxygen atoms in total. The topological polar surface area (TPSA) is 32.3 Å². The molecular weight excluding hydrogens is 188 g/mol. The van der Waals surface area contributed by atoms with E-state index in [1.165, 1.54) is 12.8 Å². The van der Waals surface area contributed by atoms with Crippen LogP contribution in [0.25, 0.3) is 0 Å². The standard InChI is InChI=1S/C12H24N2O/c1-10(2)11(3)13-7-6-12(15)14-8-4-5-9-14/h10-11,13H,4-9H2,1-3H3. The molecule has 0 aliphatic carbocycles. The lowest BCUT2D eigenvalue weighted by Crippen LogP contribution is -2.35. The maximum absolute atomic E-state index is 11.7. The van der Waals surface area contributed by atoms with Crippen LogP contribution in [0.15, 0.2) is 0 Å². The van der Waals surface area contributed by atoms with Crippen molar-refractivity contribution in [3.8, 4) is 0 Å². The molecule has 0 bridgehead atoms. The highest BCUT2D eigenvalue weighted by molar-refractivity contribution is 5.76. The average Bonchev–Trinajstić information content (AvgIpc) is 2.70. The van der Waals surface area contributed by atoms with E-state index in [1.807, 2.05) is 4.90 Å². The van der Waals surface area contributed by atoms with E-state index < -0.39 is 0 Å². The smallest absolute Gasteiger partial charge is 0.223 e. The van der Waals surface area contributed by atoms with Gasteiger partial charge in [0.1, 0.15) is 0 Å². The molecule has 1 fully saturated rings. The molecule has 1 atom stereocenters. The first kappa shape index (κ1) is 12.5. The number of nitrogens with zero attached hydrogens (tertiary/aromatic N) is 1. The van der Waals surface area contributed by atoms with E-state index in [0.29, 0.717) is 24.3 Å². The van der Waals surface area contributed by atoms with Gasteiger partial charge in [-0.1, -0.05) is 13.8 Å². The summed E-state index contributed by atoms with van der Waals surface area (Å²) in [5.41, 5.74) is 0. The Bertz CT molecular complexity index is 198. The van der Waals surface area contributed by atoms with Crippen LogP contribution in [0.5, 0.6) is 0 Å². The molecule has 3 heteroatoms. The largest absolute Gasteiger partial charge is 0.343 e. The second kappa shape index (κ2) is 6.11. The third-order valence-corrected chi connectivity index (χ3v) is 3.26. The molecule has 1 amide bonds. The summed E-state index contributed by atoms with van der Waals surface area (Å²) in [7, 11) is 0. The molecule has 1 N–H and O–H groups in total. The zero-order valence-corrected chi connectivity index (χ0v) is 10.3. The molecule has 1 saturated heterocycles. The summed E-state index contributed by atoms with van der Waals surface area (Å²) >= 11 is 0. The lowest BCUT2D eigenvalue weighted by atomic mass is 10.1. The van der Waals surface area contributed by atoms with E-state index >= 15 is 0 Å². The quantitative estimate of drug-likeness (QED) is 0.751. The van der Waals surface area contributed by atoms with E-state index in [4.69, 9.17) is 0 Å². The van der Waals surface area contributed by atoms with Crippen molar-refractivity contribution in [2.24, 2.45) is 5.92 Å². The molecule has 15 heavy (non-hydrogen) atoms. The summed E-state index contributed by atoms with van der Waals surface area (Å²) in [4.78, 5) is 13.7. The van der Waals surface area contributed by atoms with Gasteiger partial charge in [0.2, 0.25) is 5.91 Å². The second-order valence-corrected chi connectivity index (χ2v) is 4.82. The Morgan fingerprint density at radius 1 is 1.27 bits per heavy atom. The zero-order chi connectivity index (χ0) is 11.3. The fourth-order valence-corrected chi connectivity index (χ4v) is 1.77. The minimum absolute atomic E-state index is 0.316. The van der Waals surface area contributed by atoms with Gasteiger partial charge in [-0.25, -0.2) is 0 Å². The SMILES string of the molecule is CC(C)C(C)NCCC(=O)N1CCCC1. The molecule has 0 aromatic carbocycles. The van der Waals surface area contributed by atoms with Crippen molar-refractivity contribution < 1.29 is 4.79 Å². The average molecular weight is 212 g/mol. The summed E-state index contributed by atoms with van der Waals surface area (Å²) in [5.74, 6) is 0.947. The highest BCUT2D eigenvalue weighted by Crippen LogP contribution is 2.08. The minimum atomic E-state index is 0.316. The van der Waals surface area contributed by atoms with Gasteiger partial charge in [0.25, 0.3) is 0 Å². The Kier molecular flexibility index (Phi) is 5.09. The zero-order valence-electron chi connectivity index (χ0n) is 10.3. The van der Waals surface area contributed by atoms with E-state index in [9.17, 15) is 4.79 Å². The van der Waals surface area contributed by atoms with Crippen LogP contribution in [0.4, 0.5) is 0 Å². The van der Waals surface area contributed by atoms with Crippen molar-refractivity contribution in [3.05, 3.63) is 0 Å². The summed E-state index contributed by atoms with van der Waals surface area (Å²) in [6.07, 6.45) is 3.01. The third kappa shape index (κ3) is 4.20.